The lowest BCUT2D eigenvalue weighted by molar-refractivity contribution is -0.116. The minimum atomic E-state index is -0.427. The molecule has 0 aliphatic carbocycles. The van der Waals surface area contributed by atoms with Crippen LogP contribution in [0.2, 0.25) is 0 Å². The van der Waals surface area contributed by atoms with Crippen molar-refractivity contribution in [2.75, 3.05) is 31.0 Å². The molecule has 0 spiro atoms. The molecule has 152 valence electrons. The van der Waals surface area contributed by atoms with E-state index < -0.39 is 6.04 Å². The maximum absolute atomic E-state index is 12.5. The van der Waals surface area contributed by atoms with Gasteiger partial charge in [-0.2, -0.15) is 0 Å². The van der Waals surface area contributed by atoms with Gasteiger partial charge in [0.2, 0.25) is 5.91 Å². The van der Waals surface area contributed by atoms with Gasteiger partial charge in [0.05, 0.1) is 20.3 Å². The maximum Gasteiger partial charge on any atom is 0.246 e. The Balaban J connectivity index is 2.02. The van der Waals surface area contributed by atoms with E-state index in [4.69, 9.17) is 14.2 Å². The van der Waals surface area contributed by atoms with Crippen molar-refractivity contribution >= 4 is 17.3 Å². The highest BCUT2D eigenvalue weighted by molar-refractivity contribution is 5.96. The number of methoxy groups -OCH3 is 1. The van der Waals surface area contributed by atoms with E-state index in [2.05, 4.69) is 24.5 Å². The van der Waals surface area contributed by atoms with Gasteiger partial charge in [0.15, 0.2) is 11.5 Å². The van der Waals surface area contributed by atoms with Crippen molar-refractivity contribution in [3.05, 3.63) is 42.5 Å². The summed E-state index contributed by atoms with van der Waals surface area (Å²) < 4.78 is 16.7. The Morgan fingerprint density at radius 2 is 1.54 bits per heavy atom. The van der Waals surface area contributed by atoms with E-state index in [0.29, 0.717) is 19.0 Å². The molecule has 2 rings (SSSR count). The molecule has 28 heavy (non-hydrogen) atoms. The molecule has 0 aliphatic heterocycles. The first-order valence-corrected chi connectivity index (χ1v) is 9.68. The largest absolute Gasteiger partial charge is 0.497 e. The molecule has 0 bridgehead atoms. The highest BCUT2D eigenvalue weighted by atomic mass is 16.5. The summed E-state index contributed by atoms with van der Waals surface area (Å²) >= 11 is 0. The van der Waals surface area contributed by atoms with Crippen LogP contribution in [0.3, 0.4) is 0 Å². The molecule has 2 aromatic carbocycles. The van der Waals surface area contributed by atoms with Crippen LogP contribution < -0.4 is 24.8 Å². The van der Waals surface area contributed by atoms with Crippen molar-refractivity contribution in [3.63, 3.8) is 0 Å². The molecule has 2 aromatic rings. The summed E-state index contributed by atoms with van der Waals surface area (Å²) in [4.78, 5) is 12.5. The predicted molar refractivity (Wildman–Crippen MR) is 113 cm³/mol. The summed E-state index contributed by atoms with van der Waals surface area (Å²) in [5.74, 6) is 2.01. The number of hydrogen-bond donors (Lipinski definition) is 2. The van der Waals surface area contributed by atoms with Gasteiger partial charge in [-0.3, -0.25) is 4.79 Å². The standard InChI is InChI=1S/C22H30N2O4/c1-5-13-27-20-12-9-18(15-21(20)28-14-6-2)23-16(3)22(25)24-17-7-10-19(26-4)11-8-17/h7-12,15-16,23H,5-6,13-14H2,1-4H3,(H,24,25)/t16-/m0/s1. The summed E-state index contributed by atoms with van der Waals surface area (Å²) in [5, 5.41) is 6.10. The first-order chi connectivity index (χ1) is 13.6. The molecule has 0 fully saturated rings. The number of hydrogen-bond acceptors (Lipinski definition) is 5. The van der Waals surface area contributed by atoms with Gasteiger partial charge in [0.25, 0.3) is 0 Å². The molecule has 0 saturated carbocycles. The van der Waals surface area contributed by atoms with Crippen LogP contribution in [-0.2, 0) is 4.79 Å². The Hall–Kier alpha value is -2.89. The van der Waals surface area contributed by atoms with Gasteiger partial charge in [-0.1, -0.05) is 13.8 Å². The van der Waals surface area contributed by atoms with Crippen LogP contribution in [0.5, 0.6) is 17.2 Å². The molecule has 6 nitrogen and oxygen atoms in total. The number of nitrogens with one attached hydrogen (secondary N) is 2. The molecule has 2 N–H and O–H groups in total. The van der Waals surface area contributed by atoms with Gasteiger partial charge < -0.3 is 24.8 Å². The Bertz CT molecular complexity index is 747. The lowest BCUT2D eigenvalue weighted by Gasteiger charge is -2.18. The molecule has 0 aromatic heterocycles. The minimum Gasteiger partial charge on any atom is -0.497 e. The summed E-state index contributed by atoms with van der Waals surface area (Å²) in [6.45, 7) is 7.17. The molecular weight excluding hydrogens is 356 g/mol. The van der Waals surface area contributed by atoms with Gasteiger partial charge in [-0.05, 0) is 56.2 Å². The van der Waals surface area contributed by atoms with Crippen LogP contribution in [-0.4, -0.2) is 32.3 Å². The van der Waals surface area contributed by atoms with E-state index in [0.717, 1.165) is 35.7 Å². The van der Waals surface area contributed by atoms with Gasteiger partial charge in [0.1, 0.15) is 11.8 Å². The highest BCUT2D eigenvalue weighted by Crippen LogP contribution is 2.31. The van der Waals surface area contributed by atoms with Crippen molar-refractivity contribution in [3.8, 4) is 17.2 Å². The van der Waals surface area contributed by atoms with E-state index in [9.17, 15) is 4.79 Å². The Kier molecular flexibility index (Phi) is 8.46. The van der Waals surface area contributed by atoms with Crippen molar-refractivity contribution in [1.82, 2.24) is 0 Å². The molecule has 0 aliphatic rings. The Morgan fingerprint density at radius 1 is 0.929 bits per heavy atom. The number of carbonyl (C=O) groups excluding carboxylic acids is 1. The third kappa shape index (κ3) is 6.37. The third-order valence-corrected chi connectivity index (χ3v) is 4.00. The first-order valence-electron chi connectivity index (χ1n) is 9.68. The van der Waals surface area contributed by atoms with Crippen molar-refractivity contribution in [2.24, 2.45) is 0 Å². The first kappa shape index (κ1) is 21.4. The molecule has 1 atom stereocenters. The summed E-state index contributed by atoms with van der Waals surface area (Å²) in [5.41, 5.74) is 1.52. The smallest absolute Gasteiger partial charge is 0.246 e. The van der Waals surface area contributed by atoms with Crippen LogP contribution in [0.15, 0.2) is 42.5 Å². The number of benzene rings is 2. The van der Waals surface area contributed by atoms with E-state index in [1.54, 1.807) is 31.4 Å². The van der Waals surface area contributed by atoms with Gasteiger partial charge in [0, 0.05) is 17.4 Å². The number of rotatable bonds is 11. The zero-order valence-corrected chi connectivity index (χ0v) is 17.1. The van der Waals surface area contributed by atoms with Crippen LogP contribution >= 0.6 is 0 Å². The highest BCUT2D eigenvalue weighted by Gasteiger charge is 2.14. The summed E-state index contributed by atoms with van der Waals surface area (Å²) in [6, 6.07) is 12.4. The monoisotopic (exact) mass is 386 g/mol. The topological polar surface area (TPSA) is 68.8 Å². The zero-order chi connectivity index (χ0) is 20.4. The fourth-order valence-corrected chi connectivity index (χ4v) is 2.49. The molecule has 6 heteroatoms. The maximum atomic E-state index is 12.5. The fraction of sp³-hybridized carbons (Fsp3) is 0.409. The average Bonchev–Trinajstić information content (AvgIpc) is 2.72. The second kappa shape index (κ2) is 11.1. The second-order valence-corrected chi connectivity index (χ2v) is 6.44. The lowest BCUT2D eigenvalue weighted by atomic mass is 10.2. The molecule has 0 saturated heterocycles. The SMILES string of the molecule is CCCOc1ccc(N[C@@H](C)C(=O)Nc2ccc(OC)cc2)cc1OCCC. The van der Waals surface area contributed by atoms with E-state index in [1.165, 1.54) is 0 Å². The molecule has 0 unspecified atom stereocenters. The van der Waals surface area contributed by atoms with Crippen LogP contribution in [0.1, 0.15) is 33.6 Å². The van der Waals surface area contributed by atoms with Crippen LogP contribution in [0, 0.1) is 0 Å². The van der Waals surface area contributed by atoms with Crippen molar-refractivity contribution in [2.45, 2.75) is 39.7 Å². The predicted octanol–water partition coefficient (Wildman–Crippen LogP) is 4.71. The number of carbonyl (C=O) groups is 1. The van der Waals surface area contributed by atoms with Crippen LogP contribution in [0.25, 0.3) is 0 Å². The quantitative estimate of drug-likeness (QED) is 0.585. The van der Waals surface area contributed by atoms with E-state index in [-0.39, 0.29) is 5.91 Å². The van der Waals surface area contributed by atoms with Crippen molar-refractivity contribution in [1.29, 1.82) is 0 Å². The van der Waals surface area contributed by atoms with Gasteiger partial charge in [-0.15, -0.1) is 0 Å². The fourth-order valence-electron chi connectivity index (χ4n) is 2.49. The van der Waals surface area contributed by atoms with Gasteiger partial charge >= 0.3 is 0 Å². The van der Waals surface area contributed by atoms with E-state index >= 15 is 0 Å². The Morgan fingerprint density at radius 3 is 2.14 bits per heavy atom. The van der Waals surface area contributed by atoms with E-state index in [1.807, 2.05) is 25.1 Å². The third-order valence-electron chi connectivity index (χ3n) is 4.00. The molecule has 0 radical (unpaired) electrons. The number of amides is 1. The zero-order valence-electron chi connectivity index (χ0n) is 17.1. The molecule has 0 heterocycles. The molecular formula is C22H30N2O4. The Labute approximate surface area is 167 Å². The summed E-state index contributed by atoms with van der Waals surface area (Å²) in [6.07, 6.45) is 1.83. The number of ether oxygens (including phenoxy) is 3. The second-order valence-electron chi connectivity index (χ2n) is 6.44. The molecule has 1 amide bonds. The lowest BCUT2D eigenvalue weighted by Crippen LogP contribution is -2.31. The number of anilines is 2. The van der Waals surface area contributed by atoms with Crippen molar-refractivity contribution < 1.29 is 19.0 Å². The average molecular weight is 386 g/mol. The van der Waals surface area contributed by atoms with Gasteiger partial charge in [-0.25, -0.2) is 0 Å². The van der Waals surface area contributed by atoms with Crippen LogP contribution in [0.4, 0.5) is 11.4 Å². The normalized spacial score (nSPS) is 11.4. The minimum absolute atomic E-state index is 0.132. The summed E-state index contributed by atoms with van der Waals surface area (Å²) in [7, 11) is 1.61.